The van der Waals surface area contributed by atoms with Crippen LogP contribution in [-0.2, 0) is 34.0 Å². The number of amides is 1. The summed E-state index contributed by atoms with van der Waals surface area (Å²) >= 11 is 0. The Morgan fingerprint density at radius 3 is 2.72 bits per heavy atom. The molecule has 152 valence electrons. The zero-order chi connectivity index (χ0) is 20.5. The molecule has 0 fully saturated rings. The molecular formula is C22H25N3O4. The first-order valence-electron chi connectivity index (χ1n) is 9.62. The minimum atomic E-state index is -0.274. The first kappa shape index (κ1) is 20.7. The van der Waals surface area contributed by atoms with Crippen LogP contribution in [-0.4, -0.2) is 35.5 Å². The van der Waals surface area contributed by atoms with Gasteiger partial charge in [-0.05, 0) is 24.1 Å². The molecule has 0 unspecified atom stereocenters. The van der Waals surface area contributed by atoms with Gasteiger partial charge in [0.2, 0.25) is 5.91 Å². The lowest BCUT2D eigenvalue weighted by molar-refractivity contribution is -0.122. The molecule has 3 rings (SSSR count). The quantitative estimate of drug-likeness (QED) is 0.533. The number of aromatic nitrogens is 2. The molecule has 0 aliphatic rings. The maximum absolute atomic E-state index is 12.4. The molecule has 29 heavy (non-hydrogen) atoms. The number of hydrogen-bond donors (Lipinski definition) is 1. The van der Waals surface area contributed by atoms with Crippen LogP contribution in [0.25, 0.3) is 10.8 Å². The van der Waals surface area contributed by atoms with Gasteiger partial charge in [0.1, 0.15) is 6.54 Å². The number of rotatable bonds is 10. The molecule has 0 atom stereocenters. The summed E-state index contributed by atoms with van der Waals surface area (Å²) in [4.78, 5) is 24.7. The number of nitrogens with zero attached hydrogens (tertiary/aromatic N) is 2. The zero-order valence-electron chi connectivity index (χ0n) is 16.5. The van der Waals surface area contributed by atoms with Gasteiger partial charge < -0.3 is 14.8 Å². The van der Waals surface area contributed by atoms with Crippen molar-refractivity contribution in [3.63, 3.8) is 0 Å². The summed E-state index contributed by atoms with van der Waals surface area (Å²) in [5.74, 6) is -0.270. The highest BCUT2D eigenvalue weighted by Crippen LogP contribution is 2.08. The Morgan fingerprint density at radius 2 is 1.86 bits per heavy atom. The highest BCUT2D eigenvalue weighted by Gasteiger charge is 2.08. The van der Waals surface area contributed by atoms with Crippen molar-refractivity contribution >= 4 is 16.7 Å². The second-order valence-corrected chi connectivity index (χ2v) is 6.54. The summed E-state index contributed by atoms with van der Waals surface area (Å²) in [5.41, 5.74) is 1.72. The lowest BCUT2D eigenvalue weighted by Crippen LogP contribution is -2.33. The lowest BCUT2D eigenvalue weighted by atomic mass is 10.1. The van der Waals surface area contributed by atoms with Crippen LogP contribution in [0.2, 0.25) is 0 Å². The molecule has 0 aliphatic carbocycles. The first-order chi connectivity index (χ1) is 14.2. The van der Waals surface area contributed by atoms with E-state index < -0.39 is 0 Å². The summed E-state index contributed by atoms with van der Waals surface area (Å²) in [7, 11) is 0. The van der Waals surface area contributed by atoms with Crippen LogP contribution < -0.4 is 10.9 Å². The molecule has 1 aromatic heterocycles. The third kappa shape index (κ3) is 5.97. The van der Waals surface area contributed by atoms with E-state index in [1.54, 1.807) is 18.3 Å². The molecular weight excluding hydrogens is 370 g/mol. The van der Waals surface area contributed by atoms with Gasteiger partial charge in [-0.15, -0.1) is 0 Å². The fraction of sp³-hybridized carbons (Fsp3) is 0.318. The van der Waals surface area contributed by atoms with Gasteiger partial charge in [-0.3, -0.25) is 9.59 Å². The monoisotopic (exact) mass is 395 g/mol. The molecule has 0 saturated carbocycles. The maximum atomic E-state index is 12.4. The van der Waals surface area contributed by atoms with Crippen LogP contribution in [0.3, 0.4) is 0 Å². The molecule has 1 N–H and O–H groups in total. The van der Waals surface area contributed by atoms with E-state index in [1.807, 2.05) is 43.3 Å². The summed E-state index contributed by atoms with van der Waals surface area (Å²) in [6.45, 7) is 4.49. The summed E-state index contributed by atoms with van der Waals surface area (Å²) < 4.78 is 12.0. The van der Waals surface area contributed by atoms with Gasteiger partial charge >= 0.3 is 0 Å². The van der Waals surface area contributed by atoms with Crippen LogP contribution in [0.15, 0.2) is 59.5 Å². The normalized spacial score (nSPS) is 10.9. The second-order valence-electron chi connectivity index (χ2n) is 6.54. The number of carbonyl (C=O) groups is 1. The molecule has 1 heterocycles. The van der Waals surface area contributed by atoms with E-state index in [0.29, 0.717) is 38.4 Å². The molecule has 3 aromatic rings. The van der Waals surface area contributed by atoms with Gasteiger partial charge in [0.15, 0.2) is 0 Å². The number of carbonyl (C=O) groups excluding carboxylic acids is 1. The minimum absolute atomic E-state index is 0.121. The SMILES string of the molecule is CCOCCOCc1cccc(CNC(=O)Cn2ncc3ccccc3c2=O)c1. The van der Waals surface area contributed by atoms with Gasteiger partial charge in [-0.2, -0.15) is 5.10 Å². The van der Waals surface area contributed by atoms with Crippen LogP contribution in [0.5, 0.6) is 0 Å². The van der Waals surface area contributed by atoms with Crippen LogP contribution >= 0.6 is 0 Å². The summed E-state index contributed by atoms with van der Waals surface area (Å²) in [6, 6.07) is 15.0. The van der Waals surface area contributed by atoms with Gasteiger partial charge in [0.25, 0.3) is 5.56 Å². The minimum Gasteiger partial charge on any atom is -0.379 e. The van der Waals surface area contributed by atoms with Crippen molar-refractivity contribution in [3.05, 3.63) is 76.2 Å². The van der Waals surface area contributed by atoms with Crippen LogP contribution in [0.4, 0.5) is 0 Å². The van der Waals surface area contributed by atoms with E-state index in [0.717, 1.165) is 16.5 Å². The van der Waals surface area contributed by atoms with Gasteiger partial charge in [0, 0.05) is 18.5 Å². The molecule has 0 saturated heterocycles. The van der Waals surface area contributed by atoms with Gasteiger partial charge in [-0.1, -0.05) is 42.5 Å². The molecule has 7 nitrogen and oxygen atoms in total. The summed E-state index contributed by atoms with van der Waals surface area (Å²) in [5, 5.41) is 8.23. The molecule has 2 aromatic carbocycles. The van der Waals surface area contributed by atoms with E-state index in [-0.39, 0.29) is 18.0 Å². The van der Waals surface area contributed by atoms with E-state index in [4.69, 9.17) is 9.47 Å². The van der Waals surface area contributed by atoms with Crippen LogP contribution in [0.1, 0.15) is 18.1 Å². The molecule has 0 radical (unpaired) electrons. The van der Waals surface area contributed by atoms with Gasteiger partial charge in [0.05, 0.1) is 31.4 Å². The van der Waals surface area contributed by atoms with Crippen molar-refractivity contribution in [2.75, 3.05) is 19.8 Å². The predicted octanol–water partition coefficient (Wildman–Crippen LogP) is 2.27. The number of hydrogen-bond acceptors (Lipinski definition) is 5. The fourth-order valence-electron chi connectivity index (χ4n) is 2.91. The van der Waals surface area contributed by atoms with Crippen molar-refractivity contribution in [1.82, 2.24) is 15.1 Å². The predicted molar refractivity (Wildman–Crippen MR) is 110 cm³/mol. The van der Waals surface area contributed by atoms with Crippen molar-refractivity contribution in [3.8, 4) is 0 Å². The molecule has 0 aliphatic heterocycles. The van der Waals surface area contributed by atoms with E-state index >= 15 is 0 Å². The Hall–Kier alpha value is -3.03. The first-order valence-corrected chi connectivity index (χ1v) is 9.62. The summed E-state index contributed by atoms with van der Waals surface area (Å²) in [6.07, 6.45) is 1.60. The fourth-order valence-corrected chi connectivity index (χ4v) is 2.91. The zero-order valence-corrected chi connectivity index (χ0v) is 16.5. The van der Waals surface area contributed by atoms with Crippen molar-refractivity contribution in [2.24, 2.45) is 0 Å². The third-order valence-electron chi connectivity index (χ3n) is 4.38. The van der Waals surface area contributed by atoms with Crippen molar-refractivity contribution < 1.29 is 14.3 Å². The topological polar surface area (TPSA) is 82.4 Å². The molecule has 0 bridgehead atoms. The number of ether oxygens (including phenoxy) is 2. The average Bonchev–Trinajstić information content (AvgIpc) is 2.75. The van der Waals surface area contributed by atoms with Gasteiger partial charge in [-0.25, -0.2) is 4.68 Å². The lowest BCUT2D eigenvalue weighted by Gasteiger charge is -2.09. The number of benzene rings is 2. The molecule has 0 spiro atoms. The average molecular weight is 395 g/mol. The Kier molecular flexibility index (Phi) is 7.49. The maximum Gasteiger partial charge on any atom is 0.275 e. The Bertz CT molecular complexity index is 1020. The standard InChI is InChI=1S/C22H25N3O4/c1-2-28-10-11-29-16-18-7-5-6-17(12-18)13-23-21(26)15-25-22(27)20-9-4-3-8-19(20)14-24-25/h3-9,12,14H,2,10-11,13,15-16H2,1H3,(H,23,26). The van der Waals surface area contributed by atoms with Crippen molar-refractivity contribution in [2.45, 2.75) is 26.6 Å². The molecule has 1 amide bonds. The number of fused-ring (bicyclic) bond motifs is 1. The third-order valence-corrected chi connectivity index (χ3v) is 4.38. The smallest absolute Gasteiger partial charge is 0.275 e. The highest BCUT2D eigenvalue weighted by molar-refractivity contribution is 5.81. The van der Waals surface area contributed by atoms with E-state index in [9.17, 15) is 9.59 Å². The number of nitrogens with one attached hydrogen (secondary N) is 1. The second kappa shape index (κ2) is 10.5. The Balaban J connectivity index is 1.52. The Labute approximate surface area is 169 Å². The molecule has 7 heteroatoms. The largest absolute Gasteiger partial charge is 0.379 e. The van der Waals surface area contributed by atoms with E-state index in [1.165, 1.54) is 4.68 Å². The van der Waals surface area contributed by atoms with E-state index in [2.05, 4.69) is 10.4 Å². The van der Waals surface area contributed by atoms with Crippen molar-refractivity contribution in [1.29, 1.82) is 0 Å². The highest BCUT2D eigenvalue weighted by atomic mass is 16.5. The van der Waals surface area contributed by atoms with Crippen LogP contribution in [0, 0.1) is 0 Å². The Morgan fingerprint density at radius 1 is 1.07 bits per heavy atom.